The number of amides is 3. The zero-order valence-corrected chi connectivity index (χ0v) is 21.9. The molecule has 12 heteroatoms. The largest absolute Gasteiger partial charge is 0.444 e. The van der Waals surface area contributed by atoms with Crippen molar-refractivity contribution in [3.63, 3.8) is 0 Å². The van der Waals surface area contributed by atoms with Gasteiger partial charge in [-0.05, 0) is 94.4 Å². The van der Waals surface area contributed by atoms with Gasteiger partial charge in [0.2, 0.25) is 11.8 Å². The summed E-state index contributed by atoms with van der Waals surface area (Å²) < 4.78 is 57.8. The van der Waals surface area contributed by atoms with Crippen molar-refractivity contribution >= 4 is 23.6 Å². The Kier molecular flexibility index (Phi) is 8.95. The van der Waals surface area contributed by atoms with Crippen molar-refractivity contribution in [3.8, 4) is 0 Å². The Labute approximate surface area is 218 Å². The number of ether oxygens (including phenoxy) is 1. The van der Waals surface area contributed by atoms with Crippen LogP contribution in [-0.4, -0.2) is 47.4 Å². The first kappa shape index (κ1) is 29.7. The molecule has 212 valence electrons. The van der Waals surface area contributed by atoms with Crippen molar-refractivity contribution in [2.75, 3.05) is 11.9 Å². The number of aliphatic hydroxyl groups excluding tert-OH is 1. The topological polar surface area (TPSA) is 117 Å². The fraction of sp³-hybridized carbons (Fsp3) is 0.654. The molecule has 0 aromatic heterocycles. The van der Waals surface area contributed by atoms with E-state index in [9.17, 15) is 32.7 Å². The number of hydrogen-bond donors (Lipinski definition) is 4. The molecule has 0 bridgehead atoms. The molecule has 2 aliphatic rings. The normalized spacial score (nSPS) is 17.5. The molecule has 0 radical (unpaired) electrons. The molecule has 2 aliphatic carbocycles. The summed E-state index contributed by atoms with van der Waals surface area (Å²) in [6, 6.07) is 1.08. The van der Waals surface area contributed by atoms with E-state index in [4.69, 9.17) is 4.74 Å². The van der Waals surface area contributed by atoms with Crippen LogP contribution in [0.4, 0.5) is 28.0 Å². The molecule has 38 heavy (non-hydrogen) atoms. The highest BCUT2D eigenvalue weighted by molar-refractivity contribution is 5.97. The molecule has 2 fully saturated rings. The highest BCUT2D eigenvalue weighted by Crippen LogP contribution is 2.51. The van der Waals surface area contributed by atoms with Gasteiger partial charge in [0, 0.05) is 0 Å². The second-order valence-corrected chi connectivity index (χ2v) is 11.1. The van der Waals surface area contributed by atoms with Gasteiger partial charge in [0.25, 0.3) is 0 Å². The smallest absolute Gasteiger partial charge is 0.408 e. The van der Waals surface area contributed by atoms with Crippen molar-refractivity contribution in [3.05, 3.63) is 29.1 Å². The molecule has 3 rings (SSSR count). The number of halogens is 4. The van der Waals surface area contributed by atoms with Crippen LogP contribution in [0.5, 0.6) is 0 Å². The van der Waals surface area contributed by atoms with Gasteiger partial charge in [-0.3, -0.25) is 9.59 Å². The average molecular weight is 546 g/mol. The minimum Gasteiger partial charge on any atom is -0.444 e. The zero-order chi connectivity index (χ0) is 28.4. The predicted molar refractivity (Wildman–Crippen MR) is 131 cm³/mol. The lowest BCUT2D eigenvalue weighted by Gasteiger charge is -2.29. The molecule has 3 amide bonds. The molecule has 0 spiro atoms. The number of anilines is 1. The fourth-order valence-electron chi connectivity index (χ4n) is 4.62. The Morgan fingerprint density at radius 2 is 1.63 bits per heavy atom. The number of nitrogens with one attached hydrogen (secondary N) is 3. The van der Waals surface area contributed by atoms with E-state index in [-0.39, 0.29) is 34.6 Å². The van der Waals surface area contributed by atoms with Gasteiger partial charge < -0.3 is 25.8 Å². The maximum absolute atomic E-state index is 15.1. The van der Waals surface area contributed by atoms with E-state index < -0.39 is 60.6 Å². The lowest BCUT2D eigenvalue weighted by atomic mass is 9.88. The fourth-order valence-corrected chi connectivity index (χ4v) is 4.62. The predicted octanol–water partition coefficient (Wildman–Crippen LogP) is 4.37. The second kappa shape index (κ2) is 11.5. The number of benzene rings is 1. The van der Waals surface area contributed by atoms with E-state index in [0.717, 1.165) is 37.8 Å². The monoisotopic (exact) mass is 545 g/mol. The van der Waals surface area contributed by atoms with E-state index in [2.05, 4.69) is 10.6 Å². The van der Waals surface area contributed by atoms with E-state index in [1.54, 1.807) is 26.1 Å². The van der Waals surface area contributed by atoms with Crippen molar-refractivity contribution < 1.29 is 41.8 Å². The summed E-state index contributed by atoms with van der Waals surface area (Å²) >= 11 is 0. The quantitative estimate of drug-likeness (QED) is 0.326. The van der Waals surface area contributed by atoms with E-state index in [0.29, 0.717) is 0 Å². The minimum atomic E-state index is -4.61. The highest BCUT2D eigenvalue weighted by atomic mass is 19.4. The maximum Gasteiger partial charge on any atom is 0.408 e. The van der Waals surface area contributed by atoms with Crippen LogP contribution in [0.15, 0.2) is 12.1 Å². The molecule has 0 unspecified atom stereocenters. The third kappa shape index (κ3) is 8.31. The van der Waals surface area contributed by atoms with E-state index in [1.807, 2.05) is 0 Å². The van der Waals surface area contributed by atoms with Crippen LogP contribution in [-0.2, 0) is 20.9 Å². The van der Waals surface area contributed by atoms with Crippen molar-refractivity contribution in [2.24, 2.45) is 17.8 Å². The molecular weight excluding hydrogens is 510 g/mol. The third-order valence-electron chi connectivity index (χ3n) is 6.65. The number of alkyl halides is 3. The molecule has 4 N–H and O–H groups in total. The van der Waals surface area contributed by atoms with E-state index in [1.165, 1.54) is 6.92 Å². The lowest BCUT2D eigenvalue weighted by molar-refractivity contribution is -0.139. The number of rotatable bonds is 10. The molecule has 2 atom stereocenters. The first-order chi connectivity index (χ1) is 17.6. The Hall–Kier alpha value is -2.89. The Balaban J connectivity index is 1.81. The molecule has 0 aliphatic heterocycles. The molecule has 0 heterocycles. The Bertz CT molecular complexity index is 1040. The van der Waals surface area contributed by atoms with E-state index >= 15 is 4.39 Å². The van der Waals surface area contributed by atoms with Crippen molar-refractivity contribution in [1.29, 1.82) is 0 Å². The number of carbonyl (C=O) groups is 3. The first-order valence-corrected chi connectivity index (χ1v) is 12.7. The number of alkyl carbamates (subject to hydrolysis) is 1. The van der Waals surface area contributed by atoms with Gasteiger partial charge >= 0.3 is 12.3 Å². The summed E-state index contributed by atoms with van der Waals surface area (Å²) in [5.74, 6) is -3.41. The van der Waals surface area contributed by atoms with Crippen LogP contribution in [0, 0.1) is 23.6 Å². The molecular formula is C26H35F4N3O5. The summed E-state index contributed by atoms with van der Waals surface area (Å²) in [7, 11) is 0. The number of aliphatic hydroxyl groups is 1. The number of carbonyl (C=O) groups excluding carboxylic acids is 3. The summed E-state index contributed by atoms with van der Waals surface area (Å²) in [5, 5.41) is 16.7. The van der Waals surface area contributed by atoms with Crippen LogP contribution in [0.3, 0.4) is 0 Å². The molecule has 8 nitrogen and oxygen atoms in total. The van der Waals surface area contributed by atoms with Gasteiger partial charge in [0.05, 0.1) is 18.2 Å². The number of hydrogen-bond acceptors (Lipinski definition) is 5. The average Bonchev–Trinajstić information content (AvgIpc) is 3.71. The molecule has 1 aromatic rings. The van der Waals surface area contributed by atoms with Crippen molar-refractivity contribution in [1.82, 2.24) is 10.6 Å². The first-order valence-electron chi connectivity index (χ1n) is 12.7. The maximum atomic E-state index is 15.1. The van der Waals surface area contributed by atoms with Crippen LogP contribution in [0.1, 0.15) is 70.4 Å². The van der Waals surface area contributed by atoms with Crippen LogP contribution in [0.2, 0.25) is 0 Å². The summed E-state index contributed by atoms with van der Waals surface area (Å²) in [5.41, 5.74) is -1.03. The molecule has 1 aromatic carbocycles. The summed E-state index contributed by atoms with van der Waals surface area (Å²) in [6.45, 7) is 4.17. The lowest BCUT2D eigenvalue weighted by Crippen LogP contribution is -2.51. The van der Waals surface area contributed by atoms with Crippen LogP contribution in [0.25, 0.3) is 0 Å². The van der Waals surface area contributed by atoms with Crippen LogP contribution >= 0.6 is 0 Å². The standard InChI is InChI=1S/C26H35F4N3O5/c1-13(22(35)31-12-26(28,29)30)17-10-18(27)19(9-16(17)11-34)32-23(36)21(33-24(37)38-25(2,3)4)20(14-5-6-14)15-7-8-15/h9-10,13-15,20-21,34H,5-8,11-12H2,1-4H3,(H,31,35)(H,32,36)(H,33,37)/t13-,21-/m0/s1. The van der Waals surface area contributed by atoms with Gasteiger partial charge in [0.15, 0.2) is 0 Å². The van der Waals surface area contributed by atoms with Gasteiger partial charge in [-0.1, -0.05) is 0 Å². The third-order valence-corrected chi connectivity index (χ3v) is 6.65. The SMILES string of the molecule is C[C@H](C(=O)NCC(F)(F)F)c1cc(F)c(NC(=O)[C@@H](NC(=O)OC(C)(C)C)C(C2CC2)C2CC2)cc1CO. The van der Waals surface area contributed by atoms with Gasteiger partial charge in [0.1, 0.15) is 24.0 Å². The molecule has 2 saturated carbocycles. The summed E-state index contributed by atoms with van der Waals surface area (Å²) in [6.07, 6.45) is -1.69. The Morgan fingerprint density at radius 3 is 2.11 bits per heavy atom. The van der Waals surface area contributed by atoms with Crippen molar-refractivity contribution in [2.45, 2.75) is 83.7 Å². The molecule has 0 saturated heterocycles. The Morgan fingerprint density at radius 1 is 1.05 bits per heavy atom. The van der Waals surface area contributed by atoms with Gasteiger partial charge in [-0.2, -0.15) is 13.2 Å². The second-order valence-electron chi connectivity index (χ2n) is 11.1. The van der Waals surface area contributed by atoms with Gasteiger partial charge in [-0.15, -0.1) is 0 Å². The highest BCUT2D eigenvalue weighted by Gasteiger charge is 2.48. The summed E-state index contributed by atoms with van der Waals surface area (Å²) in [4.78, 5) is 38.2. The van der Waals surface area contributed by atoms with Gasteiger partial charge in [-0.25, -0.2) is 9.18 Å². The van der Waals surface area contributed by atoms with Crippen LogP contribution < -0.4 is 16.0 Å². The zero-order valence-electron chi connectivity index (χ0n) is 21.9. The minimum absolute atomic E-state index is 0.0139.